The van der Waals surface area contributed by atoms with Gasteiger partial charge in [0.2, 0.25) is 11.7 Å². The summed E-state index contributed by atoms with van der Waals surface area (Å²) >= 11 is 1.33. The summed E-state index contributed by atoms with van der Waals surface area (Å²) in [6.07, 6.45) is 8.80. The summed E-state index contributed by atoms with van der Waals surface area (Å²) in [6, 6.07) is 0. The van der Waals surface area contributed by atoms with Crippen LogP contribution < -0.4 is 5.32 Å². The third kappa shape index (κ3) is 3.52. The van der Waals surface area contributed by atoms with Crippen molar-refractivity contribution < 1.29 is 43.5 Å². The lowest BCUT2D eigenvalue weighted by Gasteiger charge is -2.66. The first-order chi connectivity index (χ1) is 20.3. The highest BCUT2D eigenvalue weighted by Gasteiger charge is 2.76. The zero-order chi connectivity index (χ0) is 30.2. The van der Waals surface area contributed by atoms with Crippen LogP contribution in [-0.4, -0.2) is 80.6 Å². The van der Waals surface area contributed by atoms with Crippen LogP contribution >= 0.6 is 11.8 Å². The lowest BCUT2D eigenvalue weighted by Crippen LogP contribution is -2.81. The van der Waals surface area contributed by atoms with Crippen LogP contribution in [-0.2, 0) is 33.3 Å². The molecule has 236 valence electrons. The number of cyclic esters (lactones) is 1. The Hall–Kier alpha value is -1.50. The Morgan fingerprint density at radius 3 is 2.47 bits per heavy atom. The molecular weight excluding hydrogens is 574 g/mol. The molecule has 14 unspecified atom stereocenters. The van der Waals surface area contributed by atoms with E-state index < -0.39 is 39.0 Å². The average Bonchev–Trinajstić information content (AvgIpc) is 3.62. The van der Waals surface area contributed by atoms with Crippen molar-refractivity contribution in [2.24, 2.45) is 34.5 Å². The SMILES string of the molecule is CC1CC2(NC(=O)CS2)C2(O)OC3CC4(C=O)C(CCC5C4CCC4(C)C(C6C=CC(=O)O6)CCC54O)CC3OC2(C)O1. The topological polar surface area (TPSA) is 141 Å². The molecule has 4 heterocycles. The van der Waals surface area contributed by atoms with Gasteiger partial charge in [-0.25, -0.2) is 4.79 Å². The molecule has 1 spiro atoms. The Kier molecular flexibility index (Phi) is 6.10. The molecule has 4 saturated carbocycles. The smallest absolute Gasteiger partial charge is 0.331 e. The van der Waals surface area contributed by atoms with Gasteiger partial charge in [-0.05, 0) is 89.0 Å². The number of thioether (sulfide) groups is 1. The highest BCUT2D eigenvalue weighted by atomic mass is 32.2. The van der Waals surface area contributed by atoms with Crippen LogP contribution in [0.2, 0.25) is 0 Å². The first kappa shape index (κ1) is 28.9. The molecule has 0 aromatic heterocycles. The Morgan fingerprint density at radius 2 is 1.77 bits per heavy atom. The third-order valence-electron chi connectivity index (χ3n) is 13.4. The standard InChI is InChI=1S/C32H43NO9S/c1-17-13-31(33-25(35)15-43-31)32(38)28(3,40-17)41-23-12-18-4-5-20-19(29(18,16-34)14-24(23)42-32)8-10-27(2)21(9-11-30(20,27)37)22-6-7-26(36)39-22/h6-7,16-24,37-38H,4-5,8-15H2,1-3H3,(H,33,35). The second-order valence-corrected chi connectivity index (χ2v) is 16.4. The number of aldehydes is 1. The Balaban J connectivity index is 1.11. The number of amides is 1. The molecule has 43 heavy (non-hydrogen) atoms. The van der Waals surface area contributed by atoms with E-state index in [1.807, 2.05) is 13.0 Å². The molecule has 4 aliphatic carbocycles. The van der Waals surface area contributed by atoms with Gasteiger partial charge in [0, 0.05) is 29.2 Å². The number of aliphatic hydroxyl groups is 2. The number of ether oxygens (including phenoxy) is 4. The van der Waals surface area contributed by atoms with Gasteiger partial charge >= 0.3 is 5.97 Å². The zero-order valence-electron chi connectivity index (χ0n) is 25.1. The predicted molar refractivity (Wildman–Crippen MR) is 153 cm³/mol. The second-order valence-electron chi connectivity index (χ2n) is 15.1. The fraction of sp³-hybridized carbons (Fsp3) is 0.844. The predicted octanol–water partition coefficient (Wildman–Crippen LogP) is 2.59. The Labute approximate surface area is 256 Å². The van der Waals surface area contributed by atoms with Crippen LogP contribution in [0.5, 0.6) is 0 Å². The van der Waals surface area contributed by atoms with Gasteiger partial charge in [-0.1, -0.05) is 6.92 Å². The second kappa shape index (κ2) is 9.06. The first-order valence-electron chi connectivity index (χ1n) is 16.1. The molecule has 0 aromatic rings. The highest BCUT2D eigenvalue weighted by molar-refractivity contribution is 8.01. The number of hydrogen-bond acceptors (Lipinski definition) is 10. The van der Waals surface area contributed by atoms with Crippen molar-refractivity contribution in [1.82, 2.24) is 5.32 Å². The van der Waals surface area contributed by atoms with Crippen LogP contribution in [0.25, 0.3) is 0 Å². The minimum absolute atomic E-state index is 0.0350. The molecule has 8 rings (SSSR count). The molecule has 0 bridgehead atoms. The van der Waals surface area contributed by atoms with E-state index >= 15 is 0 Å². The van der Waals surface area contributed by atoms with Crippen molar-refractivity contribution in [3.05, 3.63) is 12.2 Å². The number of nitrogens with one attached hydrogen (secondary N) is 1. The normalized spacial score (nSPS) is 58.5. The van der Waals surface area contributed by atoms with Crippen molar-refractivity contribution in [3.63, 3.8) is 0 Å². The monoisotopic (exact) mass is 617 g/mol. The number of fused-ring (bicyclic) bond motifs is 8. The first-order valence-corrected chi connectivity index (χ1v) is 17.1. The maximum Gasteiger partial charge on any atom is 0.331 e. The number of hydrogen-bond donors (Lipinski definition) is 3. The van der Waals surface area contributed by atoms with Crippen LogP contribution in [0, 0.1) is 34.5 Å². The summed E-state index contributed by atoms with van der Waals surface area (Å²) in [5.41, 5.74) is -2.12. The molecule has 4 aliphatic heterocycles. The van der Waals surface area contributed by atoms with Gasteiger partial charge in [-0.2, -0.15) is 0 Å². The number of carbonyl (C=O) groups excluding carboxylic acids is 3. The van der Waals surface area contributed by atoms with Gasteiger partial charge in [0.25, 0.3) is 5.79 Å². The molecule has 8 aliphatic rings. The molecule has 0 radical (unpaired) electrons. The lowest BCUT2D eigenvalue weighted by molar-refractivity contribution is -0.491. The van der Waals surface area contributed by atoms with Gasteiger partial charge < -0.3 is 39.3 Å². The molecule has 10 nitrogen and oxygen atoms in total. The van der Waals surface area contributed by atoms with Crippen molar-refractivity contribution in [2.45, 2.75) is 125 Å². The van der Waals surface area contributed by atoms with E-state index in [1.54, 1.807) is 6.92 Å². The van der Waals surface area contributed by atoms with Gasteiger partial charge in [0.1, 0.15) is 17.3 Å². The summed E-state index contributed by atoms with van der Waals surface area (Å²) in [7, 11) is 0. The van der Waals surface area contributed by atoms with Gasteiger partial charge in [0.15, 0.2) is 0 Å². The van der Waals surface area contributed by atoms with E-state index in [2.05, 4.69) is 12.2 Å². The van der Waals surface area contributed by atoms with Crippen LogP contribution in [0.15, 0.2) is 12.2 Å². The average molecular weight is 618 g/mol. The largest absolute Gasteiger partial charge is 0.455 e. The van der Waals surface area contributed by atoms with Gasteiger partial charge in [0.05, 0.1) is 29.7 Å². The Bertz CT molecular complexity index is 1300. The lowest BCUT2D eigenvalue weighted by atomic mass is 9.42. The number of esters is 1. The quantitative estimate of drug-likeness (QED) is 0.241. The summed E-state index contributed by atoms with van der Waals surface area (Å²) in [5, 5.41) is 27.9. The molecule has 14 atom stereocenters. The summed E-state index contributed by atoms with van der Waals surface area (Å²) < 4.78 is 25.2. The molecule has 1 amide bonds. The zero-order valence-corrected chi connectivity index (χ0v) is 25.9. The molecule has 0 aromatic carbocycles. The number of carbonyl (C=O) groups is 3. The summed E-state index contributed by atoms with van der Waals surface area (Å²) in [4.78, 5) is 36.6. The van der Waals surface area contributed by atoms with Crippen molar-refractivity contribution in [1.29, 1.82) is 0 Å². The fourth-order valence-corrected chi connectivity index (χ4v) is 12.9. The van der Waals surface area contributed by atoms with E-state index in [0.29, 0.717) is 25.7 Å². The molecule has 3 N–H and O–H groups in total. The van der Waals surface area contributed by atoms with Gasteiger partial charge in [-0.15, -0.1) is 11.8 Å². The van der Waals surface area contributed by atoms with E-state index in [0.717, 1.165) is 38.4 Å². The van der Waals surface area contributed by atoms with Crippen molar-refractivity contribution in [3.8, 4) is 0 Å². The molecular formula is C32H43NO9S. The molecule has 7 fully saturated rings. The summed E-state index contributed by atoms with van der Waals surface area (Å²) in [6.45, 7) is 5.77. The van der Waals surface area contributed by atoms with E-state index in [4.69, 9.17) is 18.9 Å². The summed E-state index contributed by atoms with van der Waals surface area (Å²) in [5.74, 6) is -3.73. The van der Waals surface area contributed by atoms with E-state index in [9.17, 15) is 24.6 Å². The molecule has 3 saturated heterocycles. The minimum atomic E-state index is -1.95. The van der Waals surface area contributed by atoms with Crippen molar-refractivity contribution in [2.75, 3.05) is 5.75 Å². The Morgan fingerprint density at radius 1 is 0.977 bits per heavy atom. The van der Waals surface area contributed by atoms with E-state index in [-0.39, 0.29) is 59.6 Å². The highest BCUT2D eigenvalue weighted by Crippen LogP contribution is 2.70. The van der Waals surface area contributed by atoms with Crippen LogP contribution in [0.3, 0.4) is 0 Å². The van der Waals surface area contributed by atoms with Gasteiger partial charge in [-0.3, -0.25) is 4.79 Å². The van der Waals surface area contributed by atoms with E-state index in [1.165, 1.54) is 17.8 Å². The van der Waals surface area contributed by atoms with Crippen LogP contribution in [0.1, 0.15) is 78.6 Å². The van der Waals surface area contributed by atoms with Crippen LogP contribution in [0.4, 0.5) is 0 Å². The maximum absolute atomic E-state index is 13.4. The van der Waals surface area contributed by atoms with Crippen molar-refractivity contribution >= 4 is 29.9 Å². The minimum Gasteiger partial charge on any atom is -0.455 e. The molecule has 11 heteroatoms. The number of rotatable bonds is 2. The fourth-order valence-electron chi connectivity index (χ4n) is 11.5. The third-order valence-corrected chi connectivity index (χ3v) is 14.9. The maximum atomic E-state index is 13.4.